The summed E-state index contributed by atoms with van der Waals surface area (Å²) < 4.78 is 0. The van der Waals surface area contributed by atoms with Gasteiger partial charge in [-0.15, -0.1) is 12.4 Å². The van der Waals surface area contributed by atoms with Crippen LogP contribution in [0.2, 0.25) is 0 Å². The van der Waals surface area contributed by atoms with Crippen molar-refractivity contribution in [2.45, 2.75) is 18.9 Å². The molecule has 1 aliphatic rings. The largest absolute Gasteiger partial charge is 0.370 e. The fraction of sp³-hybridized carbons (Fsp3) is 0.278. The molecule has 22 heavy (non-hydrogen) atoms. The molecule has 1 aliphatic heterocycles. The zero-order valence-electron chi connectivity index (χ0n) is 12.6. The fourth-order valence-electron chi connectivity index (χ4n) is 2.77. The zero-order valence-corrected chi connectivity index (χ0v) is 13.4. The van der Waals surface area contributed by atoms with E-state index in [4.69, 9.17) is 10.7 Å². The van der Waals surface area contributed by atoms with E-state index in [-0.39, 0.29) is 18.4 Å². The van der Waals surface area contributed by atoms with Gasteiger partial charge in [-0.05, 0) is 24.0 Å². The average Bonchev–Trinajstić information content (AvgIpc) is 3.09. The minimum Gasteiger partial charge on any atom is -0.370 e. The number of nitrogens with two attached hydrogens (primary N) is 1. The van der Waals surface area contributed by atoms with Crippen molar-refractivity contribution in [3.8, 4) is 0 Å². The highest BCUT2D eigenvalue weighted by molar-refractivity contribution is 5.85. The Labute approximate surface area is 138 Å². The van der Waals surface area contributed by atoms with Crippen molar-refractivity contribution >= 4 is 18.4 Å². The lowest BCUT2D eigenvalue weighted by Crippen LogP contribution is -2.35. The van der Waals surface area contributed by atoms with Crippen LogP contribution in [0, 0.1) is 0 Å². The van der Waals surface area contributed by atoms with Crippen molar-refractivity contribution < 1.29 is 0 Å². The minimum absolute atomic E-state index is 0. The molecule has 1 fully saturated rings. The average molecular weight is 316 g/mol. The van der Waals surface area contributed by atoms with Gasteiger partial charge in [0, 0.05) is 13.1 Å². The Balaban J connectivity index is 0.00000176. The summed E-state index contributed by atoms with van der Waals surface area (Å²) in [7, 11) is 0. The molecule has 1 heterocycles. The SMILES string of the molecule is Cl.NC(=NC(c1ccccc1)c1ccccc1)N1CCCC1. The highest BCUT2D eigenvalue weighted by Gasteiger charge is 2.17. The molecule has 3 nitrogen and oxygen atoms in total. The number of halogens is 1. The van der Waals surface area contributed by atoms with Crippen LogP contribution in [-0.2, 0) is 0 Å². The number of aliphatic imine (C=N–C) groups is 1. The number of nitrogens with zero attached hydrogens (tertiary/aromatic N) is 2. The summed E-state index contributed by atoms with van der Waals surface area (Å²) in [6.45, 7) is 2.04. The maximum absolute atomic E-state index is 6.23. The first-order valence-electron chi connectivity index (χ1n) is 7.53. The molecule has 0 aromatic heterocycles. The quantitative estimate of drug-likeness (QED) is 0.694. The van der Waals surface area contributed by atoms with Gasteiger partial charge in [0.25, 0.3) is 0 Å². The lowest BCUT2D eigenvalue weighted by molar-refractivity contribution is 0.508. The molecule has 2 aromatic rings. The molecule has 0 spiro atoms. The van der Waals surface area contributed by atoms with Gasteiger partial charge in [-0.2, -0.15) is 0 Å². The first-order valence-corrected chi connectivity index (χ1v) is 7.53. The molecule has 4 heteroatoms. The van der Waals surface area contributed by atoms with E-state index in [1.165, 1.54) is 24.0 Å². The predicted molar refractivity (Wildman–Crippen MR) is 94.4 cm³/mol. The normalized spacial score (nSPS) is 15.0. The maximum Gasteiger partial charge on any atom is 0.192 e. The van der Waals surface area contributed by atoms with Crippen LogP contribution in [0.3, 0.4) is 0 Å². The van der Waals surface area contributed by atoms with Gasteiger partial charge in [-0.3, -0.25) is 0 Å². The van der Waals surface area contributed by atoms with E-state index in [1.54, 1.807) is 0 Å². The van der Waals surface area contributed by atoms with E-state index >= 15 is 0 Å². The molecule has 116 valence electrons. The highest BCUT2D eigenvalue weighted by Crippen LogP contribution is 2.26. The molecular formula is C18H22ClN3. The molecule has 0 atom stereocenters. The van der Waals surface area contributed by atoms with Crippen molar-refractivity contribution in [3.05, 3.63) is 71.8 Å². The van der Waals surface area contributed by atoms with E-state index in [1.807, 2.05) is 36.4 Å². The van der Waals surface area contributed by atoms with E-state index in [9.17, 15) is 0 Å². The van der Waals surface area contributed by atoms with Gasteiger partial charge in [0.2, 0.25) is 0 Å². The number of benzene rings is 2. The lowest BCUT2D eigenvalue weighted by atomic mass is 9.99. The van der Waals surface area contributed by atoms with Crippen molar-refractivity contribution in [3.63, 3.8) is 0 Å². The van der Waals surface area contributed by atoms with E-state index in [2.05, 4.69) is 29.2 Å². The summed E-state index contributed by atoms with van der Waals surface area (Å²) in [5, 5.41) is 0. The van der Waals surface area contributed by atoms with Crippen LogP contribution in [0.5, 0.6) is 0 Å². The molecule has 0 aliphatic carbocycles. The van der Waals surface area contributed by atoms with Crippen LogP contribution in [0.25, 0.3) is 0 Å². The van der Waals surface area contributed by atoms with Crippen molar-refractivity contribution in [2.24, 2.45) is 10.7 Å². The van der Waals surface area contributed by atoms with Crippen LogP contribution in [0.15, 0.2) is 65.7 Å². The molecule has 0 bridgehead atoms. The van der Waals surface area contributed by atoms with Crippen molar-refractivity contribution in [2.75, 3.05) is 13.1 Å². The van der Waals surface area contributed by atoms with Gasteiger partial charge in [-0.1, -0.05) is 60.7 Å². The lowest BCUT2D eigenvalue weighted by Gasteiger charge is -2.20. The zero-order chi connectivity index (χ0) is 14.5. The number of guanidine groups is 1. The number of hydrogen-bond donors (Lipinski definition) is 1. The monoisotopic (exact) mass is 315 g/mol. The second kappa shape index (κ2) is 7.85. The molecule has 1 saturated heterocycles. The molecule has 0 unspecified atom stereocenters. The van der Waals surface area contributed by atoms with Crippen LogP contribution in [0.4, 0.5) is 0 Å². The first-order chi connectivity index (χ1) is 10.3. The van der Waals surface area contributed by atoms with Crippen LogP contribution in [-0.4, -0.2) is 23.9 Å². The smallest absolute Gasteiger partial charge is 0.192 e. The van der Waals surface area contributed by atoms with Gasteiger partial charge < -0.3 is 10.6 Å². The molecule has 0 amide bonds. The fourth-order valence-corrected chi connectivity index (χ4v) is 2.77. The van der Waals surface area contributed by atoms with E-state index in [0.717, 1.165) is 13.1 Å². The summed E-state index contributed by atoms with van der Waals surface area (Å²) in [5.41, 5.74) is 8.57. The highest BCUT2D eigenvalue weighted by atomic mass is 35.5. The Hall–Kier alpha value is -2.00. The summed E-state index contributed by atoms with van der Waals surface area (Å²) >= 11 is 0. The molecule has 3 rings (SSSR count). The van der Waals surface area contributed by atoms with E-state index < -0.39 is 0 Å². The standard InChI is InChI=1S/C18H21N3.ClH/c19-18(21-13-7-8-14-21)20-17(15-9-3-1-4-10-15)16-11-5-2-6-12-16;/h1-6,9-12,17H,7-8,13-14H2,(H2,19,20);1H. The Morgan fingerprint density at radius 3 is 1.77 bits per heavy atom. The maximum atomic E-state index is 6.23. The summed E-state index contributed by atoms with van der Waals surface area (Å²) in [6, 6.07) is 20.7. The predicted octanol–water partition coefficient (Wildman–Crippen LogP) is 3.61. The van der Waals surface area contributed by atoms with Gasteiger partial charge in [0.05, 0.1) is 0 Å². The third-order valence-corrected chi connectivity index (χ3v) is 3.92. The van der Waals surface area contributed by atoms with E-state index in [0.29, 0.717) is 5.96 Å². The Morgan fingerprint density at radius 1 is 0.864 bits per heavy atom. The molecule has 0 saturated carbocycles. The Kier molecular flexibility index (Phi) is 5.84. The first kappa shape index (κ1) is 16.4. The molecule has 2 aromatic carbocycles. The van der Waals surface area contributed by atoms with Crippen molar-refractivity contribution in [1.82, 2.24) is 4.90 Å². The number of rotatable bonds is 3. The summed E-state index contributed by atoms with van der Waals surface area (Å²) in [4.78, 5) is 7.00. The van der Waals surface area contributed by atoms with Crippen LogP contribution >= 0.6 is 12.4 Å². The summed E-state index contributed by atoms with van der Waals surface area (Å²) in [6.07, 6.45) is 2.41. The topological polar surface area (TPSA) is 41.6 Å². The number of hydrogen-bond acceptors (Lipinski definition) is 1. The van der Waals surface area contributed by atoms with Gasteiger partial charge in [-0.25, -0.2) is 4.99 Å². The van der Waals surface area contributed by atoms with Crippen molar-refractivity contribution in [1.29, 1.82) is 0 Å². The summed E-state index contributed by atoms with van der Waals surface area (Å²) in [5.74, 6) is 0.658. The Morgan fingerprint density at radius 2 is 1.32 bits per heavy atom. The second-order valence-electron chi connectivity index (χ2n) is 5.41. The third kappa shape index (κ3) is 3.80. The van der Waals surface area contributed by atoms with Crippen LogP contribution in [0.1, 0.15) is 30.0 Å². The number of likely N-dealkylation sites (tertiary alicyclic amines) is 1. The molecule has 0 radical (unpaired) electrons. The third-order valence-electron chi connectivity index (χ3n) is 3.92. The Bertz CT molecular complexity index is 553. The van der Waals surface area contributed by atoms with Gasteiger partial charge in [0.1, 0.15) is 6.04 Å². The van der Waals surface area contributed by atoms with Gasteiger partial charge >= 0.3 is 0 Å². The van der Waals surface area contributed by atoms with Gasteiger partial charge in [0.15, 0.2) is 5.96 Å². The molecule has 2 N–H and O–H groups in total. The second-order valence-corrected chi connectivity index (χ2v) is 5.41. The van der Waals surface area contributed by atoms with Crippen LogP contribution < -0.4 is 5.73 Å². The minimum atomic E-state index is -0.0343. The molecular weight excluding hydrogens is 294 g/mol.